The maximum Gasteiger partial charge on any atom is 0.401 e. The number of piperidine rings is 1. The monoisotopic (exact) mass is 337 g/mol. The van der Waals surface area contributed by atoms with Gasteiger partial charge in [0.1, 0.15) is 0 Å². The Kier molecular flexibility index (Phi) is 6.13. The third-order valence-electron chi connectivity index (χ3n) is 4.52. The Morgan fingerprint density at radius 1 is 1.26 bits per heavy atom. The molecule has 2 aliphatic rings. The molecule has 0 unspecified atom stereocenters. The summed E-state index contributed by atoms with van der Waals surface area (Å²) < 4.78 is 42.6. The summed E-state index contributed by atoms with van der Waals surface area (Å²) in [4.78, 5) is 15.5. The molecule has 2 aliphatic heterocycles. The van der Waals surface area contributed by atoms with Crippen LogP contribution in [0.15, 0.2) is 0 Å². The molecule has 23 heavy (non-hydrogen) atoms. The van der Waals surface area contributed by atoms with Crippen molar-refractivity contribution in [2.24, 2.45) is 5.92 Å². The number of hydrogen-bond donors (Lipinski definition) is 1. The molecule has 2 heterocycles. The quantitative estimate of drug-likeness (QED) is 0.858. The standard InChI is InChI=1S/C15H26F3N3O2/c1-11-9-23-12(2)8-21(11)14(22)19-7-13-3-5-20(6-4-13)10-15(16,17)18/h11-13H,3-10H2,1-2H3,(H,19,22)/t11-,12-/m0/s1. The van der Waals surface area contributed by atoms with E-state index in [0.717, 1.165) is 0 Å². The first kappa shape index (κ1) is 18.3. The Balaban J connectivity index is 1.69. The zero-order chi connectivity index (χ0) is 17.0. The predicted octanol–water partition coefficient (Wildman–Crippen LogP) is 2.08. The molecule has 5 nitrogen and oxygen atoms in total. The van der Waals surface area contributed by atoms with Crippen LogP contribution in [0, 0.1) is 5.92 Å². The molecule has 0 aromatic heterocycles. The number of ether oxygens (including phenoxy) is 1. The van der Waals surface area contributed by atoms with Crippen LogP contribution in [0.3, 0.4) is 0 Å². The lowest BCUT2D eigenvalue weighted by atomic mass is 9.97. The summed E-state index contributed by atoms with van der Waals surface area (Å²) in [5.41, 5.74) is 0. The largest absolute Gasteiger partial charge is 0.401 e. The topological polar surface area (TPSA) is 44.8 Å². The molecule has 2 atom stereocenters. The lowest BCUT2D eigenvalue weighted by Gasteiger charge is -2.37. The lowest BCUT2D eigenvalue weighted by Crippen LogP contribution is -2.54. The molecule has 134 valence electrons. The number of carbonyl (C=O) groups excluding carboxylic acids is 1. The van der Waals surface area contributed by atoms with Gasteiger partial charge >= 0.3 is 12.2 Å². The van der Waals surface area contributed by atoms with Crippen molar-refractivity contribution in [2.75, 3.05) is 39.3 Å². The Morgan fingerprint density at radius 3 is 2.52 bits per heavy atom. The minimum atomic E-state index is -4.13. The van der Waals surface area contributed by atoms with Gasteiger partial charge in [-0.15, -0.1) is 0 Å². The van der Waals surface area contributed by atoms with E-state index in [4.69, 9.17) is 4.74 Å². The first-order chi connectivity index (χ1) is 10.7. The van der Waals surface area contributed by atoms with Crippen LogP contribution in [0.25, 0.3) is 0 Å². The van der Waals surface area contributed by atoms with E-state index in [0.29, 0.717) is 45.6 Å². The third kappa shape index (κ3) is 5.84. The van der Waals surface area contributed by atoms with Crippen LogP contribution >= 0.6 is 0 Å². The van der Waals surface area contributed by atoms with E-state index >= 15 is 0 Å². The van der Waals surface area contributed by atoms with Crippen LogP contribution in [0.4, 0.5) is 18.0 Å². The zero-order valence-corrected chi connectivity index (χ0v) is 13.7. The molecular weight excluding hydrogens is 311 g/mol. The summed E-state index contributed by atoms with van der Waals surface area (Å²) in [5.74, 6) is 0.247. The van der Waals surface area contributed by atoms with Crippen molar-refractivity contribution >= 4 is 6.03 Å². The highest BCUT2D eigenvalue weighted by Crippen LogP contribution is 2.22. The maximum absolute atomic E-state index is 12.4. The van der Waals surface area contributed by atoms with Gasteiger partial charge in [0.2, 0.25) is 0 Å². The molecule has 0 spiro atoms. The van der Waals surface area contributed by atoms with E-state index in [2.05, 4.69) is 5.32 Å². The molecule has 0 aromatic carbocycles. The first-order valence-electron chi connectivity index (χ1n) is 8.20. The summed E-state index contributed by atoms with van der Waals surface area (Å²) in [6.07, 6.45) is -2.73. The lowest BCUT2D eigenvalue weighted by molar-refractivity contribution is -0.148. The highest BCUT2D eigenvalue weighted by Gasteiger charge is 2.33. The SMILES string of the molecule is C[C@H]1CN(C(=O)NCC2CCN(CC(F)(F)F)CC2)[C@@H](C)CO1. The fourth-order valence-corrected chi connectivity index (χ4v) is 3.12. The summed E-state index contributed by atoms with van der Waals surface area (Å²) in [6, 6.07) is -0.0646. The minimum Gasteiger partial charge on any atom is -0.375 e. The Morgan fingerprint density at radius 2 is 1.91 bits per heavy atom. The summed E-state index contributed by atoms with van der Waals surface area (Å²) in [7, 11) is 0. The van der Waals surface area contributed by atoms with Gasteiger partial charge in [-0.05, 0) is 45.7 Å². The Labute approximate surface area is 135 Å². The third-order valence-corrected chi connectivity index (χ3v) is 4.52. The van der Waals surface area contributed by atoms with Crippen molar-refractivity contribution in [1.82, 2.24) is 15.1 Å². The highest BCUT2D eigenvalue weighted by atomic mass is 19.4. The maximum atomic E-state index is 12.4. The van der Waals surface area contributed by atoms with Gasteiger partial charge < -0.3 is 15.0 Å². The molecule has 0 saturated carbocycles. The molecule has 1 N–H and O–H groups in total. The molecule has 0 bridgehead atoms. The molecule has 0 radical (unpaired) electrons. The van der Waals surface area contributed by atoms with Gasteiger partial charge in [0.05, 0.1) is 25.3 Å². The van der Waals surface area contributed by atoms with Crippen LogP contribution in [-0.2, 0) is 4.74 Å². The van der Waals surface area contributed by atoms with Gasteiger partial charge in [0.15, 0.2) is 0 Å². The number of likely N-dealkylation sites (tertiary alicyclic amines) is 1. The van der Waals surface area contributed by atoms with Gasteiger partial charge in [0.25, 0.3) is 0 Å². The number of morpholine rings is 1. The van der Waals surface area contributed by atoms with Crippen molar-refractivity contribution in [3.05, 3.63) is 0 Å². The van der Waals surface area contributed by atoms with Crippen molar-refractivity contribution in [1.29, 1.82) is 0 Å². The fraction of sp³-hybridized carbons (Fsp3) is 0.933. The van der Waals surface area contributed by atoms with E-state index < -0.39 is 12.7 Å². The van der Waals surface area contributed by atoms with Crippen LogP contribution in [0.1, 0.15) is 26.7 Å². The van der Waals surface area contributed by atoms with E-state index in [-0.39, 0.29) is 24.1 Å². The van der Waals surface area contributed by atoms with Gasteiger partial charge in [-0.25, -0.2) is 4.79 Å². The van der Waals surface area contributed by atoms with Crippen molar-refractivity contribution in [3.8, 4) is 0 Å². The predicted molar refractivity (Wildman–Crippen MR) is 80.2 cm³/mol. The average molecular weight is 337 g/mol. The summed E-state index contributed by atoms with van der Waals surface area (Å²) >= 11 is 0. The number of nitrogens with zero attached hydrogens (tertiary/aromatic N) is 2. The first-order valence-corrected chi connectivity index (χ1v) is 8.20. The number of urea groups is 1. The van der Waals surface area contributed by atoms with Crippen LogP contribution < -0.4 is 5.32 Å². The van der Waals surface area contributed by atoms with Gasteiger partial charge in [-0.2, -0.15) is 13.2 Å². The number of hydrogen-bond acceptors (Lipinski definition) is 3. The minimum absolute atomic E-state index is 0.0301. The number of carbonyl (C=O) groups is 1. The second-order valence-electron chi connectivity index (χ2n) is 6.67. The van der Waals surface area contributed by atoms with Crippen LogP contribution in [-0.4, -0.2) is 73.5 Å². The van der Waals surface area contributed by atoms with Gasteiger partial charge in [0, 0.05) is 13.1 Å². The molecule has 0 aromatic rings. The molecule has 2 amide bonds. The smallest absolute Gasteiger partial charge is 0.375 e. The number of alkyl halides is 3. The number of amides is 2. The molecule has 8 heteroatoms. The average Bonchev–Trinajstić information content (AvgIpc) is 2.47. The van der Waals surface area contributed by atoms with Crippen LogP contribution in [0.2, 0.25) is 0 Å². The Hall–Kier alpha value is -1.02. The molecule has 2 fully saturated rings. The highest BCUT2D eigenvalue weighted by molar-refractivity contribution is 5.74. The van der Waals surface area contributed by atoms with E-state index in [1.807, 2.05) is 13.8 Å². The molecule has 2 rings (SSSR count). The van der Waals surface area contributed by atoms with Crippen LogP contribution in [0.5, 0.6) is 0 Å². The molecular formula is C15H26F3N3O2. The molecule has 0 aliphatic carbocycles. The molecule has 2 saturated heterocycles. The summed E-state index contributed by atoms with van der Waals surface area (Å²) in [6.45, 7) is 5.54. The van der Waals surface area contributed by atoms with Crippen molar-refractivity contribution < 1.29 is 22.7 Å². The van der Waals surface area contributed by atoms with E-state index in [1.54, 1.807) is 4.90 Å². The number of nitrogens with one attached hydrogen (secondary N) is 1. The van der Waals surface area contributed by atoms with Crippen molar-refractivity contribution in [3.63, 3.8) is 0 Å². The summed E-state index contributed by atoms with van der Waals surface area (Å²) in [5, 5.41) is 2.93. The van der Waals surface area contributed by atoms with Crippen molar-refractivity contribution in [2.45, 2.75) is 45.0 Å². The fourth-order valence-electron chi connectivity index (χ4n) is 3.12. The normalized spacial score (nSPS) is 28.0. The van der Waals surface area contributed by atoms with Gasteiger partial charge in [-0.3, -0.25) is 4.90 Å². The zero-order valence-electron chi connectivity index (χ0n) is 13.7. The number of rotatable bonds is 3. The Bertz CT molecular complexity index is 398. The van der Waals surface area contributed by atoms with Gasteiger partial charge in [-0.1, -0.05) is 0 Å². The number of halogens is 3. The second-order valence-corrected chi connectivity index (χ2v) is 6.67. The van der Waals surface area contributed by atoms with E-state index in [9.17, 15) is 18.0 Å². The second kappa shape index (κ2) is 7.70. The van der Waals surface area contributed by atoms with E-state index in [1.165, 1.54) is 4.90 Å².